The van der Waals surface area contributed by atoms with Crippen LogP contribution in [0.1, 0.15) is 0 Å². The van der Waals surface area contributed by atoms with E-state index in [1.165, 1.54) is 0 Å². The predicted molar refractivity (Wildman–Crippen MR) is 79.9 cm³/mol. The van der Waals surface area contributed by atoms with Crippen LogP contribution in [0, 0.1) is 0 Å². The fraction of sp³-hybridized carbons (Fsp3) is 1.00. The monoisotopic (exact) mass is 394 g/mol. The third kappa shape index (κ3) is 5.22. The van der Waals surface area contributed by atoms with Crippen LogP contribution in [0.15, 0.2) is 0 Å². The summed E-state index contributed by atoms with van der Waals surface area (Å²) < 4.78 is 28.5. The van der Waals surface area contributed by atoms with Crippen molar-refractivity contribution in [3.05, 3.63) is 0 Å². The van der Waals surface area contributed by atoms with Crippen molar-refractivity contribution in [2.45, 2.75) is 18.1 Å². The second-order valence-electron chi connectivity index (χ2n) is 3.55. The molecule has 0 fully saturated rings. The minimum atomic E-state index is -2.52. The van der Waals surface area contributed by atoms with Gasteiger partial charge < -0.3 is 22.1 Å². The zero-order valence-electron chi connectivity index (χ0n) is 11.2. The summed E-state index contributed by atoms with van der Waals surface area (Å²) in [5.41, 5.74) is 0. The van der Waals surface area contributed by atoms with E-state index in [1.807, 2.05) is 0 Å². The van der Waals surface area contributed by atoms with Gasteiger partial charge in [-0.3, -0.25) is 0 Å². The standard InChI is InChI=1S/C9H23IO5Si2/c1-11-16(12-2,7-6-10)8-9-17(13-3,14-4)15-5/h6-9H2,1-5H3. The van der Waals surface area contributed by atoms with E-state index in [2.05, 4.69) is 22.6 Å². The van der Waals surface area contributed by atoms with Gasteiger partial charge in [-0.2, -0.15) is 0 Å². The lowest BCUT2D eigenvalue weighted by Gasteiger charge is -2.30. The molecule has 0 bridgehead atoms. The average molecular weight is 394 g/mol. The van der Waals surface area contributed by atoms with E-state index >= 15 is 0 Å². The summed E-state index contributed by atoms with van der Waals surface area (Å²) in [4.78, 5) is 0. The van der Waals surface area contributed by atoms with Crippen LogP contribution >= 0.6 is 22.6 Å². The first kappa shape index (κ1) is 18.0. The molecule has 0 aliphatic rings. The number of hydrogen-bond acceptors (Lipinski definition) is 5. The van der Waals surface area contributed by atoms with Gasteiger partial charge in [0.05, 0.1) is 0 Å². The summed E-state index contributed by atoms with van der Waals surface area (Å²) in [6.07, 6.45) is 0. The molecule has 0 amide bonds. The Labute approximate surface area is 120 Å². The fourth-order valence-electron chi connectivity index (χ4n) is 1.66. The molecule has 0 radical (unpaired) electrons. The lowest BCUT2D eigenvalue weighted by Crippen LogP contribution is -2.47. The molecule has 0 spiro atoms. The van der Waals surface area contributed by atoms with Crippen LogP contribution < -0.4 is 0 Å². The Morgan fingerprint density at radius 1 is 0.706 bits per heavy atom. The molecule has 0 atom stereocenters. The first-order chi connectivity index (χ1) is 8.07. The lowest BCUT2D eigenvalue weighted by molar-refractivity contribution is 0.123. The second-order valence-corrected chi connectivity index (χ2v) is 11.4. The Hall–Kier alpha value is 0.964. The van der Waals surface area contributed by atoms with Crippen molar-refractivity contribution in [3.8, 4) is 0 Å². The van der Waals surface area contributed by atoms with Crippen molar-refractivity contribution in [1.29, 1.82) is 0 Å². The molecule has 17 heavy (non-hydrogen) atoms. The van der Waals surface area contributed by atoms with E-state index in [-0.39, 0.29) is 0 Å². The normalized spacial score (nSPS) is 13.1. The number of hydrogen-bond donors (Lipinski definition) is 0. The molecule has 0 heterocycles. The van der Waals surface area contributed by atoms with E-state index in [4.69, 9.17) is 22.1 Å². The molecule has 0 N–H and O–H groups in total. The Kier molecular flexibility index (Phi) is 9.47. The molecule has 0 aliphatic heterocycles. The van der Waals surface area contributed by atoms with Crippen LogP contribution in [-0.2, 0) is 22.1 Å². The summed E-state index contributed by atoms with van der Waals surface area (Å²) in [6, 6.07) is 2.51. The van der Waals surface area contributed by atoms with Gasteiger partial charge in [0.15, 0.2) is 0 Å². The Morgan fingerprint density at radius 3 is 1.47 bits per heavy atom. The van der Waals surface area contributed by atoms with Crippen molar-refractivity contribution < 1.29 is 22.1 Å². The highest BCUT2D eigenvalue weighted by molar-refractivity contribution is 14.1. The highest BCUT2D eigenvalue weighted by Gasteiger charge is 2.44. The van der Waals surface area contributed by atoms with E-state index in [1.54, 1.807) is 35.5 Å². The molecular formula is C9H23IO5Si2. The molecule has 104 valence electrons. The van der Waals surface area contributed by atoms with Crippen LogP contribution in [0.25, 0.3) is 0 Å². The maximum atomic E-state index is 5.62. The molecule has 0 unspecified atom stereocenters. The highest BCUT2D eigenvalue weighted by atomic mass is 127. The minimum absolute atomic E-state index is 0.723. The summed E-state index contributed by atoms with van der Waals surface area (Å²) in [5.74, 6) is 0. The fourth-order valence-corrected chi connectivity index (χ4v) is 9.51. The van der Waals surface area contributed by atoms with Gasteiger partial charge in [-0.15, -0.1) is 0 Å². The molecule has 0 aromatic carbocycles. The third-order valence-corrected chi connectivity index (χ3v) is 11.3. The molecule has 5 nitrogen and oxygen atoms in total. The van der Waals surface area contributed by atoms with Gasteiger partial charge in [0.2, 0.25) is 0 Å². The van der Waals surface area contributed by atoms with E-state index in [9.17, 15) is 0 Å². The average Bonchev–Trinajstić information content (AvgIpc) is 2.39. The van der Waals surface area contributed by atoms with E-state index in [0.717, 1.165) is 22.6 Å². The van der Waals surface area contributed by atoms with Gasteiger partial charge in [-0.25, -0.2) is 0 Å². The zero-order valence-corrected chi connectivity index (χ0v) is 15.4. The van der Waals surface area contributed by atoms with Gasteiger partial charge in [0.1, 0.15) is 0 Å². The van der Waals surface area contributed by atoms with E-state index in [0.29, 0.717) is 0 Å². The Morgan fingerprint density at radius 2 is 1.18 bits per heavy atom. The first-order valence-electron chi connectivity index (χ1n) is 5.39. The predicted octanol–water partition coefficient (Wildman–Crippen LogP) is 2.03. The summed E-state index contributed by atoms with van der Waals surface area (Å²) in [7, 11) is 3.68. The molecule has 8 heteroatoms. The highest BCUT2D eigenvalue weighted by Crippen LogP contribution is 2.26. The van der Waals surface area contributed by atoms with Gasteiger partial charge >= 0.3 is 17.4 Å². The molecule has 0 rings (SSSR count). The SMILES string of the molecule is CO[Si](CCI)(CC[Si](OC)(OC)OC)OC. The van der Waals surface area contributed by atoms with Gasteiger partial charge in [-0.05, 0) is 6.04 Å². The van der Waals surface area contributed by atoms with Crippen LogP contribution in [0.4, 0.5) is 0 Å². The topological polar surface area (TPSA) is 46.2 Å². The first-order valence-corrected chi connectivity index (χ1v) is 11.1. The molecular weight excluding hydrogens is 371 g/mol. The molecule has 0 aromatic rings. The maximum Gasteiger partial charge on any atom is 0.500 e. The summed E-state index contributed by atoms with van der Waals surface area (Å²) >= 11 is 2.34. The zero-order chi connectivity index (χ0) is 13.4. The minimum Gasteiger partial charge on any atom is -0.398 e. The molecule has 0 saturated carbocycles. The van der Waals surface area contributed by atoms with Crippen LogP contribution in [-0.4, -0.2) is 57.3 Å². The van der Waals surface area contributed by atoms with Crippen molar-refractivity contribution >= 4 is 40.0 Å². The quantitative estimate of drug-likeness (QED) is 0.322. The largest absolute Gasteiger partial charge is 0.500 e. The smallest absolute Gasteiger partial charge is 0.398 e. The second kappa shape index (κ2) is 8.96. The molecule has 0 aliphatic carbocycles. The van der Waals surface area contributed by atoms with Crippen LogP contribution in [0.2, 0.25) is 18.1 Å². The van der Waals surface area contributed by atoms with Crippen molar-refractivity contribution in [1.82, 2.24) is 0 Å². The molecule has 0 saturated heterocycles. The summed E-state index contributed by atoms with van der Waals surface area (Å²) in [6.45, 7) is 0. The Balaban J connectivity index is 4.56. The Bertz CT molecular complexity index is 192. The third-order valence-electron chi connectivity index (χ3n) is 2.96. The van der Waals surface area contributed by atoms with Gasteiger partial charge in [-0.1, -0.05) is 22.6 Å². The number of halogens is 1. The van der Waals surface area contributed by atoms with Crippen LogP contribution in [0.3, 0.4) is 0 Å². The number of alkyl halides is 1. The van der Waals surface area contributed by atoms with Crippen molar-refractivity contribution in [2.75, 3.05) is 40.0 Å². The van der Waals surface area contributed by atoms with Crippen molar-refractivity contribution in [3.63, 3.8) is 0 Å². The van der Waals surface area contributed by atoms with E-state index < -0.39 is 17.4 Å². The van der Waals surface area contributed by atoms with Crippen molar-refractivity contribution in [2.24, 2.45) is 0 Å². The summed E-state index contributed by atoms with van der Waals surface area (Å²) in [5, 5.41) is 0. The lowest BCUT2D eigenvalue weighted by atomic mass is 10.9. The molecule has 0 aromatic heterocycles. The van der Waals surface area contributed by atoms with Crippen LogP contribution in [0.5, 0.6) is 0 Å². The van der Waals surface area contributed by atoms with Gasteiger partial charge in [0, 0.05) is 52.1 Å². The van der Waals surface area contributed by atoms with Gasteiger partial charge in [0.25, 0.3) is 0 Å². The maximum absolute atomic E-state index is 5.62. The number of rotatable bonds is 10.